The molecule has 0 spiro atoms. The Morgan fingerprint density at radius 3 is 2.20 bits per heavy atom. The van der Waals surface area contributed by atoms with Gasteiger partial charge < -0.3 is 15.0 Å². The summed E-state index contributed by atoms with van der Waals surface area (Å²) in [6.07, 6.45) is 0.728. The first-order valence-corrected chi connectivity index (χ1v) is 15.4. The zero-order valence-electron chi connectivity index (χ0n) is 24.1. The van der Waals surface area contributed by atoms with E-state index in [1.54, 1.807) is 38.1 Å². The molecule has 0 aromatic heterocycles. The van der Waals surface area contributed by atoms with Crippen molar-refractivity contribution in [2.24, 2.45) is 0 Å². The Kier molecular flexibility index (Phi) is 11.2. The van der Waals surface area contributed by atoms with Crippen molar-refractivity contribution in [2.75, 3.05) is 17.5 Å². The first-order valence-electron chi connectivity index (χ1n) is 13.6. The van der Waals surface area contributed by atoms with Crippen molar-refractivity contribution in [1.82, 2.24) is 10.2 Å². The number of nitrogens with one attached hydrogen (secondary N) is 1. The minimum Gasteiger partial charge on any atom is -0.492 e. The molecule has 0 bridgehead atoms. The summed E-state index contributed by atoms with van der Waals surface area (Å²) < 4.78 is 34.8. The number of carbonyl (C=O) groups excluding carboxylic acids is 2. The lowest BCUT2D eigenvalue weighted by molar-refractivity contribution is -0.139. The van der Waals surface area contributed by atoms with Crippen LogP contribution in [-0.4, -0.2) is 50.4 Å². The molecule has 0 saturated carbocycles. The highest BCUT2D eigenvalue weighted by Gasteiger charge is 2.34. The molecule has 8 nitrogen and oxygen atoms in total. The number of halogens is 1. The molecule has 0 aliphatic heterocycles. The Morgan fingerprint density at radius 2 is 1.59 bits per heavy atom. The van der Waals surface area contributed by atoms with Crippen molar-refractivity contribution in [1.29, 1.82) is 0 Å². The molecular formula is C31H38ClN3O5S. The molecule has 220 valence electrons. The van der Waals surface area contributed by atoms with Gasteiger partial charge in [0.15, 0.2) is 0 Å². The van der Waals surface area contributed by atoms with Gasteiger partial charge in [0.25, 0.3) is 10.0 Å². The summed E-state index contributed by atoms with van der Waals surface area (Å²) in [5.41, 5.74) is 2.08. The molecule has 3 aromatic rings. The second-order valence-electron chi connectivity index (χ2n) is 9.87. The Morgan fingerprint density at radius 1 is 0.951 bits per heavy atom. The van der Waals surface area contributed by atoms with Crippen molar-refractivity contribution in [3.63, 3.8) is 0 Å². The Hall–Kier alpha value is -3.56. The van der Waals surface area contributed by atoms with E-state index in [-0.39, 0.29) is 29.1 Å². The van der Waals surface area contributed by atoms with Crippen LogP contribution in [0, 0.1) is 6.92 Å². The molecule has 0 aliphatic carbocycles. The van der Waals surface area contributed by atoms with E-state index in [0.717, 1.165) is 21.9 Å². The van der Waals surface area contributed by atoms with Crippen LogP contribution in [0.4, 0.5) is 5.69 Å². The molecule has 3 rings (SSSR count). The van der Waals surface area contributed by atoms with Gasteiger partial charge in [-0.25, -0.2) is 8.42 Å². The van der Waals surface area contributed by atoms with Gasteiger partial charge in [-0.05, 0) is 76.1 Å². The van der Waals surface area contributed by atoms with Crippen molar-refractivity contribution >= 4 is 39.1 Å². The summed E-state index contributed by atoms with van der Waals surface area (Å²) in [4.78, 5) is 28.6. The number of sulfonamides is 1. The van der Waals surface area contributed by atoms with Gasteiger partial charge in [0.2, 0.25) is 11.8 Å². The quantitative estimate of drug-likeness (QED) is 0.277. The molecule has 3 aromatic carbocycles. The fourth-order valence-corrected chi connectivity index (χ4v) is 5.68. The highest BCUT2D eigenvalue weighted by Crippen LogP contribution is 2.33. The minimum absolute atomic E-state index is 0.0337. The average molecular weight is 600 g/mol. The van der Waals surface area contributed by atoms with Crippen LogP contribution in [0.5, 0.6) is 5.75 Å². The van der Waals surface area contributed by atoms with E-state index in [2.05, 4.69) is 5.32 Å². The molecule has 0 radical (unpaired) electrons. The first-order chi connectivity index (χ1) is 19.5. The molecule has 41 heavy (non-hydrogen) atoms. The van der Waals surface area contributed by atoms with Gasteiger partial charge in [-0.3, -0.25) is 13.9 Å². The Labute approximate surface area is 248 Å². The maximum absolute atomic E-state index is 14.1. The molecule has 0 fully saturated rings. The highest BCUT2D eigenvalue weighted by molar-refractivity contribution is 7.92. The number of para-hydroxylation sites is 2. The van der Waals surface area contributed by atoms with Crippen LogP contribution in [-0.2, 0) is 26.2 Å². The largest absolute Gasteiger partial charge is 0.492 e. The van der Waals surface area contributed by atoms with Crippen LogP contribution in [0.2, 0.25) is 5.02 Å². The lowest BCUT2D eigenvalue weighted by Crippen LogP contribution is -2.52. The standard InChI is InChI=1S/C31H38ClN3O5S/c1-6-23(4)33-31(37)24(5)34(20-25-14-12-22(3)13-15-25)30(36)21-35(28-10-8-9-11-29(28)40-7-2)41(38,39)27-18-16-26(32)17-19-27/h8-19,23-24H,6-7,20-21H2,1-5H3,(H,33,37)/t23-,24+/m1/s1. The first kappa shape index (κ1) is 32.0. The van der Waals surface area contributed by atoms with Gasteiger partial charge in [0, 0.05) is 17.6 Å². The highest BCUT2D eigenvalue weighted by atomic mass is 35.5. The number of aryl methyl sites for hydroxylation is 1. The minimum atomic E-state index is -4.24. The molecule has 0 unspecified atom stereocenters. The number of rotatable bonds is 13. The number of carbonyl (C=O) groups is 2. The number of hydrogen-bond acceptors (Lipinski definition) is 5. The zero-order valence-corrected chi connectivity index (χ0v) is 25.7. The van der Waals surface area contributed by atoms with E-state index in [1.807, 2.05) is 45.0 Å². The normalized spacial score (nSPS) is 12.7. The van der Waals surface area contributed by atoms with Gasteiger partial charge in [0.05, 0.1) is 17.2 Å². The second kappa shape index (κ2) is 14.4. The van der Waals surface area contributed by atoms with Gasteiger partial charge in [-0.15, -0.1) is 0 Å². The van der Waals surface area contributed by atoms with E-state index >= 15 is 0 Å². The number of benzene rings is 3. The SMILES string of the molecule is CCOc1ccccc1N(CC(=O)N(Cc1ccc(C)cc1)[C@@H](C)C(=O)N[C@H](C)CC)S(=O)(=O)c1ccc(Cl)cc1. The number of nitrogens with zero attached hydrogens (tertiary/aromatic N) is 2. The number of anilines is 1. The smallest absolute Gasteiger partial charge is 0.264 e. The van der Waals surface area contributed by atoms with E-state index in [9.17, 15) is 18.0 Å². The summed E-state index contributed by atoms with van der Waals surface area (Å²) in [5.74, 6) is -0.546. The maximum Gasteiger partial charge on any atom is 0.264 e. The topological polar surface area (TPSA) is 96.0 Å². The van der Waals surface area contributed by atoms with Gasteiger partial charge >= 0.3 is 0 Å². The van der Waals surface area contributed by atoms with Gasteiger partial charge in [-0.2, -0.15) is 0 Å². The molecular weight excluding hydrogens is 562 g/mol. The number of ether oxygens (including phenoxy) is 1. The number of hydrogen-bond donors (Lipinski definition) is 1. The fourth-order valence-electron chi connectivity index (χ4n) is 4.13. The van der Waals surface area contributed by atoms with Crippen LogP contribution >= 0.6 is 11.6 Å². The Balaban J connectivity index is 2.07. The van der Waals surface area contributed by atoms with Crippen LogP contribution in [0.1, 0.15) is 45.2 Å². The van der Waals surface area contributed by atoms with Crippen molar-refractivity contribution < 1.29 is 22.7 Å². The number of amides is 2. The molecule has 1 N–H and O–H groups in total. The lowest BCUT2D eigenvalue weighted by Gasteiger charge is -2.33. The van der Waals surface area contributed by atoms with E-state index in [1.165, 1.54) is 29.2 Å². The summed E-state index contributed by atoms with van der Waals surface area (Å²) in [6.45, 7) is 9.12. The third-order valence-electron chi connectivity index (χ3n) is 6.76. The third-order valence-corrected chi connectivity index (χ3v) is 8.78. The molecule has 2 atom stereocenters. The summed E-state index contributed by atoms with van der Waals surface area (Å²) in [7, 11) is -4.24. The molecule has 0 heterocycles. The summed E-state index contributed by atoms with van der Waals surface area (Å²) >= 11 is 6.02. The van der Waals surface area contributed by atoms with Gasteiger partial charge in [0.1, 0.15) is 18.3 Å². The maximum atomic E-state index is 14.1. The monoisotopic (exact) mass is 599 g/mol. The molecule has 0 saturated heterocycles. The zero-order chi connectivity index (χ0) is 30.2. The summed E-state index contributed by atoms with van der Waals surface area (Å²) in [5, 5.41) is 3.32. The van der Waals surface area contributed by atoms with Crippen molar-refractivity contribution in [2.45, 2.75) is 64.6 Å². The lowest BCUT2D eigenvalue weighted by atomic mass is 10.1. The van der Waals surface area contributed by atoms with E-state index in [4.69, 9.17) is 16.3 Å². The predicted octanol–water partition coefficient (Wildman–Crippen LogP) is 5.57. The van der Waals surface area contributed by atoms with Crippen molar-refractivity contribution in [3.8, 4) is 5.75 Å². The van der Waals surface area contributed by atoms with E-state index in [0.29, 0.717) is 17.4 Å². The van der Waals surface area contributed by atoms with Crippen LogP contribution in [0.25, 0.3) is 0 Å². The third kappa shape index (κ3) is 8.24. The van der Waals surface area contributed by atoms with Crippen LogP contribution in [0.3, 0.4) is 0 Å². The van der Waals surface area contributed by atoms with Gasteiger partial charge in [-0.1, -0.05) is 60.5 Å². The second-order valence-corrected chi connectivity index (χ2v) is 12.2. The molecule has 0 aliphatic rings. The molecule has 2 amide bonds. The predicted molar refractivity (Wildman–Crippen MR) is 163 cm³/mol. The van der Waals surface area contributed by atoms with Crippen LogP contribution in [0.15, 0.2) is 77.7 Å². The fraction of sp³-hybridized carbons (Fsp3) is 0.355. The van der Waals surface area contributed by atoms with Crippen molar-refractivity contribution in [3.05, 3.63) is 88.9 Å². The Bertz CT molecular complexity index is 1430. The van der Waals surface area contributed by atoms with Crippen LogP contribution < -0.4 is 14.4 Å². The molecule has 10 heteroatoms. The average Bonchev–Trinajstić information content (AvgIpc) is 2.95. The van der Waals surface area contributed by atoms with E-state index < -0.39 is 28.5 Å². The summed E-state index contributed by atoms with van der Waals surface area (Å²) in [6, 6.07) is 19.1.